The maximum atomic E-state index is 10.6. The van der Waals surface area contributed by atoms with Gasteiger partial charge in [-0.1, -0.05) is 25.8 Å². The SMILES string of the molecule is CC1CCCC(O)(CNCc2ccc3c(c2)OCCO3)C1. The van der Waals surface area contributed by atoms with Gasteiger partial charge in [-0.15, -0.1) is 0 Å². The van der Waals surface area contributed by atoms with Crippen LogP contribution in [0.1, 0.15) is 38.2 Å². The Hall–Kier alpha value is -1.26. The third-order valence-electron chi connectivity index (χ3n) is 4.46. The molecule has 2 atom stereocenters. The van der Waals surface area contributed by atoms with Gasteiger partial charge in [0, 0.05) is 13.1 Å². The number of benzene rings is 1. The zero-order valence-corrected chi connectivity index (χ0v) is 12.7. The Morgan fingerprint density at radius 1 is 1.29 bits per heavy atom. The smallest absolute Gasteiger partial charge is 0.161 e. The summed E-state index contributed by atoms with van der Waals surface area (Å²) in [5.74, 6) is 2.27. The first-order valence-corrected chi connectivity index (χ1v) is 7.96. The third kappa shape index (κ3) is 3.69. The number of aliphatic hydroxyl groups is 1. The Labute approximate surface area is 126 Å². The van der Waals surface area contributed by atoms with Gasteiger partial charge < -0.3 is 19.9 Å². The van der Waals surface area contributed by atoms with Crippen molar-refractivity contribution < 1.29 is 14.6 Å². The Bertz CT molecular complexity index is 491. The molecule has 2 unspecified atom stereocenters. The fraction of sp³-hybridized carbons (Fsp3) is 0.647. The fourth-order valence-corrected chi connectivity index (χ4v) is 3.43. The lowest BCUT2D eigenvalue weighted by atomic mass is 9.79. The van der Waals surface area contributed by atoms with Gasteiger partial charge in [-0.05, 0) is 36.5 Å². The largest absolute Gasteiger partial charge is 0.486 e. The molecule has 0 saturated heterocycles. The molecule has 0 spiro atoms. The van der Waals surface area contributed by atoms with E-state index in [4.69, 9.17) is 9.47 Å². The summed E-state index contributed by atoms with van der Waals surface area (Å²) >= 11 is 0. The molecule has 2 aliphatic rings. The molecular formula is C17H25NO3. The van der Waals surface area contributed by atoms with Crippen molar-refractivity contribution in [2.45, 2.75) is 44.8 Å². The second kappa shape index (κ2) is 6.24. The van der Waals surface area contributed by atoms with Crippen LogP contribution in [0.4, 0.5) is 0 Å². The highest BCUT2D eigenvalue weighted by atomic mass is 16.6. The van der Waals surface area contributed by atoms with E-state index in [2.05, 4.69) is 12.2 Å². The number of fused-ring (bicyclic) bond motifs is 1. The summed E-state index contributed by atoms with van der Waals surface area (Å²) < 4.78 is 11.1. The van der Waals surface area contributed by atoms with E-state index in [0.717, 1.165) is 42.9 Å². The monoisotopic (exact) mass is 291 g/mol. The highest BCUT2D eigenvalue weighted by Gasteiger charge is 2.31. The van der Waals surface area contributed by atoms with Crippen LogP contribution in [0.3, 0.4) is 0 Å². The van der Waals surface area contributed by atoms with Crippen LogP contribution in [0, 0.1) is 5.92 Å². The molecule has 1 aromatic rings. The second-order valence-electron chi connectivity index (χ2n) is 6.51. The molecule has 4 nitrogen and oxygen atoms in total. The molecule has 0 amide bonds. The van der Waals surface area contributed by atoms with Crippen LogP contribution in [0.25, 0.3) is 0 Å². The van der Waals surface area contributed by atoms with Gasteiger partial charge in [0.1, 0.15) is 13.2 Å². The molecule has 3 rings (SSSR count). The first kappa shape index (κ1) is 14.7. The molecule has 0 bridgehead atoms. The van der Waals surface area contributed by atoms with Crippen molar-refractivity contribution in [3.05, 3.63) is 23.8 Å². The average molecular weight is 291 g/mol. The first-order chi connectivity index (χ1) is 10.1. The number of hydrogen-bond acceptors (Lipinski definition) is 4. The van der Waals surface area contributed by atoms with Crippen molar-refractivity contribution >= 4 is 0 Å². The molecule has 21 heavy (non-hydrogen) atoms. The lowest BCUT2D eigenvalue weighted by Gasteiger charge is -2.35. The Balaban J connectivity index is 1.53. The fourth-order valence-electron chi connectivity index (χ4n) is 3.43. The van der Waals surface area contributed by atoms with Gasteiger partial charge in [0.2, 0.25) is 0 Å². The Morgan fingerprint density at radius 3 is 2.90 bits per heavy atom. The van der Waals surface area contributed by atoms with Crippen LogP contribution in [0.15, 0.2) is 18.2 Å². The second-order valence-corrected chi connectivity index (χ2v) is 6.51. The molecule has 1 saturated carbocycles. The Kier molecular flexibility index (Phi) is 4.36. The minimum Gasteiger partial charge on any atom is -0.486 e. The van der Waals surface area contributed by atoms with Crippen molar-refractivity contribution in [2.75, 3.05) is 19.8 Å². The van der Waals surface area contributed by atoms with E-state index in [1.807, 2.05) is 18.2 Å². The number of rotatable bonds is 4. The summed E-state index contributed by atoms with van der Waals surface area (Å²) in [5.41, 5.74) is 0.623. The molecule has 116 valence electrons. The van der Waals surface area contributed by atoms with Gasteiger partial charge in [0.25, 0.3) is 0 Å². The summed E-state index contributed by atoms with van der Waals surface area (Å²) in [5, 5.41) is 14.0. The zero-order valence-electron chi connectivity index (χ0n) is 12.7. The molecule has 1 heterocycles. The van der Waals surface area contributed by atoms with E-state index in [9.17, 15) is 5.11 Å². The number of hydrogen-bond donors (Lipinski definition) is 2. The number of nitrogens with one attached hydrogen (secondary N) is 1. The Morgan fingerprint density at radius 2 is 2.10 bits per heavy atom. The van der Waals surface area contributed by atoms with Crippen LogP contribution in [-0.2, 0) is 6.54 Å². The molecule has 4 heteroatoms. The van der Waals surface area contributed by atoms with Crippen LogP contribution in [0.5, 0.6) is 11.5 Å². The average Bonchev–Trinajstić information content (AvgIpc) is 2.47. The van der Waals surface area contributed by atoms with Gasteiger partial charge in [-0.3, -0.25) is 0 Å². The van der Waals surface area contributed by atoms with Gasteiger partial charge in [0.05, 0.1) is 5.60 Å². The highest BCUT2D eigenvalue weighted by molar-refractivity contribution is 5.43. The van der Waals surface area contributed by atoms with Gasteiger partial charge >= 0.3 is 0 Å². The van der Waals surface area contributed by atoms with E-state index in [-0.39, 0.29) is 0 Å². The normalized spacial score (nSPS) is 28.4. The topological polar surface area (TPSA) is 50.7 Å². The summed E-state index contributed by atoms with van der Waals surface area (Å²) in [6, 6.07) is 6.03. The molecule has 0 aromatic heterocycles. The number of ether oxygens (including phenoxy) is 2. The molecular weight excluding hydrogens is 266 g/mol. The maximum absolute atomic E-state index is 10.6. The molecule has 1 fully saturated rings. The van der Waals surface area contributed by atoms with E-state index < -0.39 is 5.60 Å². The highest BCUT2D eigenvalue weighted by Crippen LogP contribution is 2.32. The third-order valence-corrected chi connectivity index (χ3v) is 4.46. The van der Waals surface area contributed by atoms with Gasteiger partial charge in [-0.2, -0.15) is 0 Å². The standard InChI is InChI=1S/C17H25NO3/c1-13-3-2-6-17(19,10-13)12-18-11-14-4-5-15-16(9-14)21-8-7-20-15/h4-5,9,13,18-19H,2-3,6-8,10-12H2,1H3. The van der Waals surface area contributed by atoms with Gasteiger partial charge in [-0.25, -0.2) is 0 Å². The predicted molar refractivity (Wildman–Crippen MR) is 81.7 cm³/mol. The van der Waals surface area contributed by atoms with Crippen LogP contribution >= 0.6 is 0 Å². The van der Waals surface area contributed by atoms with E-state index in [1.165, 1.54) is 6.42 Å². The molecule has 1 aliphatic carbocycles. The van der Waals surface area contributed by atoms with Crippen molar-refractivity contribution in [1.82, 2.24) is 5.32 Å². The van der Waals surface area contributed by atoms with E-state index >= 15 is 0 Å². The van der Waals surface area contributed by atoms with Crippen molar-refractivity contribution in [1.29, 1.82) is 0 Å². The summed E-state index contributed by atoms with van der Waals surface area (Å²) in [7, 11) is 0. The minimum atomic E-state index is -0.536. The van der Waals surface area contributed by atoms with Gasteiger partial charge in [0.15, 0.2) is 11.5 Å². The lowest BCUT2D eigenvalue weighted by molar-refractivity contribution is -0.0119. The molecule has 2 N–H and O–H groups in total. The molecule has 1 aromatic carbocycles. The first-order valence-electron chi connectivity index (χ1n) is 7.96. The molecule has 1 aliphatic heterocycles. The summed E-state index contributed by atoms with van der Waals surface area (Å²) in [4.78, 5) is 0. The van der Waals surface area contributed by atoms with Crippen LogP contribution in [0.2, 0.25) is 0 Å². The maximum Gasteiger partial charge on any atom is 0.161 e. The summed E-state index contributed by atoms with van der Waals surface area (Å²) in [6.07, 6.45) is 4.18. The van der Waals surface area contributed by atoms with Crippen molar-refractivity contribution in [3.63, 3.8) is 0 Å². The minimum absolute atomic E-state index is 0.536. The quantitative estimate of drug-likeness (QED) is 0.895. The predicted octanol–water partition coefficient (Wildman–Crippen LogP) is 2.49. The van der Waals surface area contributed by atoms with E-state index in [1.54, 1.807) is 0 Å². The van der Waals surface area contributed by atoms with Crippen LogP contribution < -0.4 is 14.8 Å². The van der Waals surface area contributed by atoms with Crippen molar-refractivity contribution in [2.24, 2.45) is 5.92 Å². The molecule has 0 radical (unpaired) electrons. The lowest BCUT2D eigenvalue weighted by Crippen LogP contribution is -2.43. The van der Waals surface area contributed by atoms with Crippen LogP contribution in [-0.4, -0.2) is 30.5 Å². The van der Waals surface area contributed by atoms with E-state index in [0.29, 0.717) is 25.7 Å². The zero-order chi connectivity index (χ0) is 14.7. The summed E-state index contributed by atoms with van der Waals surface area (Å²) in [6.45, 7) is 4.86. The van der Waals surface area contributed by atoms with Crippen molar-refractivity contribution in [3.8, 4) is 11.5 Å².